The maximum absolute atomic E-state index is 12.1. The first-order chi connectivity index (χ1) is 12.0. The van der Waals surface area contributed by atoms with Crippen LogP contribution in [0, 0.1) is 0 Å². The molecule has 2 rings (SSSR count). The van der Waals surface area contributed by atoms with Gasteiger partial charge in [-0.2, -0.15) is 0 Å². The zero-order chi connectivity index (χ0) is 18.2. The Hall–Kier alpha value is -2.19. The number of thiophene rings is 1. The molecule has 0 bridgehead atoms. The summed E-state index contributed by atoms with van der Waals surface area (Å²) in [6.45, 7) is 1.82. The molecule has 1 aromatic carbocycles. The van der Waals surface area contributed by atoms with Crippen LogP contribution in [0.1, 0.15) is 29.4 Å². The molecule has 0 atom stereocenters. The van der Waals surface area contributed by atoms with Crippen molar-refractivity contribution in [3.63, 3.8) is 0 Å². The number of nitrogens with one attached hydrogen (secondary N) is 3. The maximum Gasteiger partial charge on any atom is 0.261 e. The van der Waals surface area contributed by atoms with E-state index in [2.05, 4.69) is 31.9 Å². The number of carbonyl (C=O) groups excluding carboxylic acids is 3. The van der Waals surface area contributed by atoms with E-state index in [-0.39, 0.29) is 24.1 Å². The van der Waals surface area contributed by atoms with Crippen molar-refractivity contribution in [1.82, 2.24) is 5.32 Å². The average molecular weight is 424 g/mol. The highest BCUT2D eigenvalue weighted by molar-refractivity contribution is 9.10. The maximum atomic E-state index is 12.1. The van der Waals surface area contributed by atoms with E-state index in [0.29, 0.717) is 29.2 Å². The molecule has 132 valence electrons. The van der Waals surface area contributed by atoms with E-state index in [0.717, 1.165) is 4.47 Å². The highest BCUT2D eigenvalue weighted by Crippen LogP contribution is 2.26. The van der Waals surface area contributed by atoms with Crippen molar-refractivity contribution < 1.29 is 14.4 Å². The summed E-state index contributed by atoms with van der Waals surface area (Å²) in [5.41, 5.74) is 1.06. The topological polar surface area (TPSA) is 87.3 Å². The summed E-state index contributed by atoms with van der Waals surface area (Å²) in [5, 5.41) is 10.1. The molecule has 0 saturated carbocycles. The Morgan fingerprint density at radius 1 is 1.12 bits per heavy atom. The molecule has 0 spiro atoms. The molecular weight excluding hydrogens is 406 g/mol. The number of benzene rings is 1. The summed E-state index contributed by atoms with van der Waals surface area (Å²) >= 11 is 4.72. The van der Waals surface area contributed by atoms with Crippen LogP contribution >= 0.6 is 27.3 Å². The molecule has 0 saturated heterocycles. The van der Waals surface area contributed by atoms with E-state index in [9.17, 15) is 14.4 Å². The summed E-state index contributed by atoms with van der Waals surface area (Å²) in [7, 11) is 0. The number of anilines is 2. The molecule has 0 aliphatic heterocycles. The molecule has 3 N–H and O–H groups in total. The molecule has 2 aromatic rings. The lowest BCUT2D eigenvalue weighted by Gasteiger charge is -2.12. The van der Waals surface area contributed by atoms with Gasteiger partial charge in [-0.25, -0.2) is 0 Å². The average Bonchev–Trinajstić information content (AvgIpc) is 3.08. The summed E-state index contributed by atoms with van der Waals surface area (Å²) in [4.78, 5) is 35.7. The van der Waals surface area contributed by atoms with Crippen molar-refractivity contribution in [3.05, 3.63) is 45.1 Å². The Bertz CT molecular complexity index is 763. The molecule has 0 radical (unpaired) electrons. The van der Waals surface area contributed by atoms with Crippen LogP contribution < -0.4 is 16.0 Å². The fourth-order valence-electron chi connectivity index (χ4n) is 2.08. The third-order valence-corrected chi connectivity index (χ3v) is 4.54. The second-order valence-electron chi connectivity index (χ2n) is 5.26. The molecule has 8 heteroatoms. The number of rotatable bonds is 7. The van der Waals surface area contributed by atoms with Crippen molar-refractivity contribution in [2.45, 2.75) is 19.8 Å². The lowest BCUT2D eigenvalue weighted by molar-refractivity contribution is -0.116. The zero-order valence-corrected chi connectivity index (χ0v) is 16.0. The molecule has 0 unspecified atom stereocenters. The van der Waals surface area contributed by atoms with Crippen LogP contribution in [0.2, 0.25) is 0 Å². The Kier molecular flexibility index (Phi) is 7.15. The first-order valence-corrected chi connectivity index (χ1v) is 9.31. The Labute approximate surface area is 158 Å². The predicted octanol–water partition coefficient (Wildman–Crippen LogP) is 3.62. The van der Waals surface area contributed by atoms with E-state index in [1.54, 1.807) is 24.3 Å². The van der Waals surface area contributed by atoms with Gasteiger partial charge in [0.25, 0.3) is 5.91 Å². The first kappa shape index (κ1) is 19.1. The van der Waals surface area contributed by atoms with Crippen molar-refractivity contribution in [2.24, 2.45) is 0 Å². The summed E-state index contributed by atoms with van der Waals surface area (Å²) in [6.07, 6.45) is 0.781. The number of carbonyl (C=O) groups is 3. The van der Waals surface area contributed by atoms with Crippen LogP contribution in [0.15, 0.2) is 40.2 Å². The van der Waals surface area contributed by atoms with Crippen LogP contribution in [0.4, 0.5) is 11.4 Å². The van der Waals surface area contributed by atoms with Gasteiger partial charge >= 0.3 is 0 Å². The molecule has 25 heavy (non-hydrogen) atoms. The van der Waals surface area contributed by atoms with E-state index < -0.39 is 0 Å². The minimum atomic E-state index is -0.214. The summed E-state index contributed by atoms with van der Waals surface area (Å²) in [5.74, 6) is -0.528. The van der Waals surface area contributed by atoms with Crippen LogP contribution in [-0.2, 0) is 9.59 Å². The van der Waals surface area contributed by atoms with Gasteiger partial charge in [-0.1, -0.05) is 22.0 Å². The second-order valence-corrected chi connectivity index (χ2v) is 7.12. The fraction of sp³-hybridized carbons (Fsp3) is 0.235. The van der Waals surface area contributed by atoms with Crippen LogP contribution in [0.3, 0.4) is 0 Å². The third kappa shape index (κ3) is 6.32. The minimum Gasteiger partial charge on any atom is -0.351 e. The molecule has 1 heterocycles. The van der Waals surface area contributed by atoms with Crippen LogP contribution in [0.25, 0.3) is 0 Å². The van der Waals surface area contributed by atoms with Crippen molar-refractivity contribution >= 4 is 56.4 Å². The van der Waals surface area contributed by atoms with Crippen molar-refractivity contribution in [1.29, 1.82) is 0 Å². The predicted molar refractivity (Wildman–Crippen MR) is 103 cm³/mol. The SMILES string of the molecule is CC(=O)Nc1ccc(Br)cc1NC(=O)CCCNC(=O)c1cccs1. The van der Waals surface area contributed by atoms with Gasteiger partial charge in [0.1, 0.15) is 0 Å². The van der Waals surface area contributed by atoms with Gasteiger partial charge in [-0.15, -0.1) is 11.3 Å². The van der Waals surface area contributed by atoms with Gasteiger partial charge in [-0.05, 0) is 36.1 Å². The van der Waals surface area contributed by atoms with E-state index in [1.165, 1.54) is 18.3 Å². The van der Waals surface area contributed by atoms with Gasteiger partial charge in [0.2, 0.25) is 11.8 Å². The van der Waals surface area contributed by atoms with E-state index in [4.69, 9.17) is 0 Å². The summed E-state index contributed by atoms with van der Waals surface area (Å²) in [6, 6.07) is 8.78. The largest absolute Gasteiger partial charge is 0.351 e. The van der Waals surface area contributed by atoms with Gasteiger partial charge in [-0.3, -0.25) is 14.4 Å². The highest BCUT2D eigenvalue weighted by Gasteiger charge is 2.10. The van der Waals surface area contributed by atoms with Gasteiger partial charge in [0, 0.05) is 24.4 Å². The molecule has 1 aromatic heterocycles. The Balaban J connectivity index is 1.81. The van der Waals surface area contributed by atoms with Gasteiger partial charge in [0.15, 0.2) is 0 Å². The van der Waals surface area contributed by atoms with Crippen molar-refractivity contribution in [3.8, 4) is 0 Å². The zero-order valence-electron chi connectivity index (χ0n) is 13.6. The minimum absolute atomic E-state index is 0.129. The number of hydrogen-bond donors (Lipinski definition) is 3. The summed E-state index contributed by atoms with van der Waals surface area (Å²) < 4.78 is 0.792. The van der Waals surface area contributed by atoms with Crippen LogP contribution in [0.5, 0.6) is 0 Å². The number of halogens is 1. The van der Waals surface area contributed by atoms with E-state index in [1.807, 2.05) is 11.4 Å². The molecule has 0 fully saturated rings. The third-order valence-electron chi connectivity index (χ3n) is 3.18. The lowest BCUT2D eigenvalue weighted by Crippen LogP contribution is -2.24. The highest BCUT2D eigenvalue weighted by atomic mass is 79.9. The second kappa shape index (κ2) is 9.33. The smallest absolute Gasteiger partial charge is 0.261 e. The van der Waals surface area contributed by atoms with Crippen molar-refractivity contribution in [2.75, 3.05) is 17.2 Å². The molecule has 0 aliphatic carbocycles. The quantitative estimate of drug-likeness (QED) is 0.594. The first-order valence-electron chi connectivity index (χ1n) is 7.64. The molecular formula is C17H18BrN3O3S. The number of amides is 3. The molecule has 6 nitrogen and oxygen atoms in total. The van der Waals surface area contributed by atoms with Gasteiger partial charge < -0.3 is 16.0 Å². The van der Waals surface area contributed by atoms with Gasteiger partial charge in [0.05, 0.1) is 16.3 Å². The Morgan fingerprint density at radius 2 is 1.92 bits per heavy atom. The normalized spacial score (nSPS) is 10.2. The Morgan fingerprint density at radius 3 is 2.60 bits per heavy atom. The fourth-order valence-corrected chi connectivity index (χ4v) is 3.08. The van der Waals surface area contributed by atoms with Crippen LogP contribution in [-0.4, -0.2) is 24.3 Å². The monoisotopic (exact) mass is 423 g/mol. The lowest BCUT2D eigenvalue weighted by atomic mass is 10.2. The molecule has 3 amide bonds. The number of hydrogen-bond acceptors (Lipinski definition) is 4. The van der Waals surface area contributed by atoms with E-state index >= 15 is 0 Å². The molecule has 0 aliphatic rings. The standard InChI is InChI=1S/C17H18BrN3O3S/c1-11(22)20-13-7-6-12(18)10-14(13)21-16(23)5-2-8-19-17(24)15-4-3-9-25-15/h3-4,6-7,9-10H,2,5,8H2,1H3,(H,19,24)(H,20,22)(H,21,23).